The molecule has 0 aliphatic heterocycles. The Hall–Kier alpha value is -0.970. The van der Waals surface area contributed by atoms with Gasteiger partial charge in [0.2, 0.25) is 5.91 Å². The monoisotopic (exact) mass is 227 g/mol. The highest BCUT2D eigenvalue weighted by Gasteiger charge is 2.01. The Labute approximate surface area is 94.2 Å². The van der Waals surface area contributed by atoms with Gasteiger partial charge in [-0.05, 0) is 31.6 Å². The van der Waals surface area contributed by atoms with E-state index < -0.39 is 0 Å². The van der Waals surface area contributed by atoms with Crippen LogP contribution in [0.25, 0.3) is 0 Å². The second-order valence-corrected chi connectivity index (χ2v) is 4.27. The number of aromatic nitrogens is 2. The smallest absolute Gasteiger partial charge is 0.229 e. The van der Waals surface area contributed by atoms with E-state index >= 15 is 0 Å². The van der Waals surface area contributed by atoms with Crippen molar-refractivity contribution in [3.8, 4) is 0 Å². The average molecular weight is 227 g/mol. The van der Waals surface area contributed by atoms with Crippen molar-refractivity contribution in [2.24, 2.45) is 0 Å². The zero-order chi connectivity index (χ0) is 11.1. The minimum Gasteiger partial charge on any atom is -0.355 e. The summed E-state index contributed by atoms with van der Waals surface area (Å²) in [5.74, 6) is 0.663. The van der Waals surface area contributed by atoms with E-state index in [0.29, 0.717) is 5.75 Å². The third-order valence-corrected chi connectivity index (χ3v) is 2.71. The Morgan fingerprint density at radius 3 is 3.07 bits per heavy atom. The maximum atomic E-state index is 11.1. The highest BCUT2D eigenvalue weighted by atomic mass is 32.2. The zero-order valence-corrected chi connectivity index (χ0v) is 9.99. The van der Waals surface area contributed by atoms with Crippen LogP contribution in [0.2, 0.25) is 0 Å². The van der Waals surface area contributed by atoms with Gasteiger partial charge < -0.3 is 5.32 Å². The molecule has 4 nitrogen and oxygen atoms in total. The van der Waals surface area contributed by atoms with Gasteiger partial charge >= 0.3 is 0 Å². The number of thioether (sulfide) groups is 1. The van der Waals surface area contributed by atoms with Gasteiger partial charge in [0.25, 0.3) is 0 Å². The van der Waals surface area contributed by atoms with E-state index in [1.54, 1.807) is 11.8 Å². The topological polar surface area (TPSA) is 57.8 Å². The number of hydrogen-bond donors (Lipinski definition) is 2. The Morgan fingerprint density at radius 1 is 1.67 bits per heavy atom. The number of hydrogen-bond acceptors (Lipinski definition) is 3. The molecular formula is C10H17N3OS. The SMILES string of the molecule is CSCC(=O)NCCCc1cn[nH]c1C. The quantitative estimate of drug-likeness (QED) is 0.716. The number of carbonyl (C=O) groups excluding carboxylic acids is 1. The van der Waals surface area contributed by atoms with Gasteiger partial charge in [0.15, 0.2) is 0 Å². The lowest BCUT2D eigenvalue weighted by Gasteiger charge is -2.03. The number of H-pyrrole nitrogens is 1. The first kappa shape index (κ1) is 12.1. The van der Waals surface area contributed by atoms with Gasteiger partial charge in [-0.1, -0.05) is 0 Å². The van der Waals surface area contributed by atoms with Gasteiger partial charge in [-0.25, -0.2) is 0 Å². The van der Waals surface area contributed by atoms with Crippen LogP contribution in [0.1, 0.15) is 17.7 Å². The molecule has 84 valence electrons. The van der Waals surface area contributed by atoms with Crippen molar-refractivity contribution in [3.63, 3.8) is 0 Å². The predicted molar refractivity (Wildman–Crippen MR) is 63.0 cm³/mol. The molecule has 0 fully saturated rings. The first-order chi connectivity index (χ1) is 7.24. The van der Waals surface area contributed by atoms with Crippen LogP contribution in [0.15, 0.2) is 6.20 Å². The molecule has 1 rings (SSSR count). The molecule has 1 aromatic heterocycles. The fraction of sp³-hybridized carbons (Fsp3) is 0.600. The second-order valence-electron chi connectivity index (χ2n) is 3.41. The molecule has 5 heteroatoms. The number of nitrogens with one attached hydrogen (secondary N) is 2. The van der Waals surface area contributed by atoms with Crippen LogP contribution in [-0.2, 0) is 11.2 Å². The van der Waals surface area contributed by atoms with Crippen molar-refractivity contribution >= 4 is 17.7 Å². The van der Waals surface area contributed by atoms with E-state index in [9.17, 15) is 4.79 Å². The largest absolute Gasteiger partial charge is 0.355 e. The maximum Gasteiger partial charge on any atom is 0.229 e. The summed E-state index contributed by atoms with van der Waals surface area (Å²) in [7, 11) is 0. The summed E-state index contributed by atoms with van der Waals surface area (Å²) in [6, 6.07) is 0. The normalized spacial score (nSPS) is 10.3. The molecule has 0 aromatic carbocycles. The van der Waals surface area contributed by atoms with E-state index in [0.717, 1.165) is 25.1 Å². The van der Waals surface area contributed by atoms with Crippen LogP contribution in [0.5, 0.6) is 0 Å². The maximum absolute atomic E-state index is 11.1. The molecular weight excluding hydrogens is 210 g/mol. The molecule has 0 unspecified atom stereocenters. The van der Waals surface area contributed by atoms with Crippen molar-refractivity contribution in [2.75, 3.05) is 18.6 Å². The van der Waals surface area contributed by atoms with Crippen molar-refractivity contribution in [1.29, 1.82) is 0 Å². The van der Waals surface area contributed by atoms with Crippen molar-refractivity contribution < 1.29 is 4.79 Å². The van der Waals surface area contributed by atoms with E-state index in [-0.39, 0.29) is 5.91 Å². The standard InChI is InChI=1S/C10H17N3OS/c1-8-9(6-12-13-8)4-3-5-11-10(14)7-15-2/h6H,3-5,7H2,1-2H3,(H,11,14)(H,12,13). The minimum atomic E-state index is 0.117. The first-order valence-corrected chi connectivity index (χ1v) is 6.38. The summed E-state index contributed by atoms with van der Waals surface area (Å²) < 4.78 is 0. The Balaban J connectivity index is 2.12. The zero-order valence-electron chi connectivity index (χ0n) is 9.17. The highest BCUT2D eigenvalue weighted by molar-refractivity contribution is 7.99. The van der Waals surface area contributed by atoms with Gasteiger partial charge in [0.05, 0.1) is 11.9 Å². The first-order valence-electron chi connectivity index (χ1n) is 4.98. The Bertz CT molecular complexity index is 311. The number of carbonyl (C=O) groups is 1. The number of aryl methyl sites for hydroxylation is 2. The molecule has 0 saturated heterocycles. The Kier molecular flexibility index (Phi) is 5.25. The van der Waals surface area contributed by atoms with E-state index in [1.165, 1.54) is 5.56 Å². The third kappa shape index (κ3) is 4.38. The van der Waals surface area contributed by atoms with Crippen molar-refractivity contribution in [3.05, 3.63) is 17.5 Å². The minimum absolute atomic E-state index is 0.117. The van der Waals surface area contributed by atoms with Gasteiger partial charge in [0.1, 0.15) is 0 Å². The molecule has 0 aliphatic rings. The summed E-state index contributed by atoms with van der Waals surface area (Å²) in [6.07, 6.45) is 5.69. The van der Waals surface area contributed by atoms with Crippen LogP contribution in [0.4, 0.5) is 0 Å². The van der Waals surface area contributed by atoms with Crippen LogP contribution in [-0.4, -0.2) is 34.7 Å². The highest BCUT2D eigenvalue weighted by Crippen LogP contribution is 2.04. The lowest BCUT2D eigenvalue weighted by Crippen LogP contribution is -2.26. The molecule has 1 amide bonds. The van der Waals surface area contributed by atoms with Gasteiger partial charge in [-0.2, -0.15) is 16.9 Å². The van der Waals surface area contributed by atoms with Crippen molar-refractivity contribution in [2.45, 2.75) is 19.8 Å². The lowest BCUT2D eigenvalue weighted by atomic mass is 10.1. The fourth-order valence-corrected chi connectivity index (χ4v) is 1.68. The Morgan fingerprint density at radius 2 is 2.47 bits per heavy atom. The third-order valence-electron chi connectivity index (χ3n) is 2.15. The lowest BCUT2D eigenvalue weighted by molar-refractivity contribution is -0.118. The molecule has 0 bridgehead atoms. The number of aromatic amines is 1. The van der Waals surface area contributed by atoms with Crippen LogP contribution >= 0.6 is 11.8 Å². The number of nitrogens with zero attached hydrogens (tertiary/aromatic N) is 1. The summed E-state index contributed by atoms with van der Waals surface area (Å²) in [5.41, 5.74) is 2.35. The molecule has 0 spiro atoms. The van der Waals surface area contributed by atoms with Gasteiger partial charge in [-0.3, -0.25) is 9.89 Å². The molecule has 1 aromatic rings. The predicted octanol–water partition coefficient (Wildman–Crippen LogP) is 1.13. The number of rotatable bonds is 6. The van der Waals surface area contributed by atoms with E-state index in [1.807, 2.05) is 19.4 Å². The fourth-order valence-electron chi connectivity index (χ4n) is 1.32. The molecule has 0 atom stereocenters. The summed E-state index contributed by atoms with van der Waals surface area (Å²) >= 11 is 1.54. The molecule has 1 heterocycles. The summed E-state index contributed by atoms with van der Waals surface area (Å²) in [4.78, 5) is 11.1. The average Bonchev–Trinajstić information content (AvgIpc) is 2.60. The van der Waals surface area contributed by atoms with E-state index in [4.69, 9.17) is 0 Å². The van der Waals surface area contributed by atoms with Gasteiger partial charge in [-0.15, -0.1) is 0 Å². The summed E-state index contributed by atoms with van der Waals surface area (Å²) in [6.45, 7) is 2.75. The molecule has 2 N–H and O–H groups in total. The van der Waals surface area contributed by atoms with Crippen LogP contribution in [0.3, 0.4) is 0 Å². The number of amides is 1. The second kappa shape index (κ2) is 6.50. The van der Waals surface area contributed by atoms with Crippen LogP contribution in [0, 0.1) is 6.92 Å². The molecule has 0 aliphatic carbocycles. The van der Waals surface area contributed by atoms with E-state index in [2.05, 4.69) is 15.5 Å². The van der Waals surface area contributed by atoms with Crippen LogP contribution < -0.4 is 5.32 Å². The van der Waals surface area contributed by atoms with Gasteiger partial charge in [0, 0.05) is 12.2 Å². The van der Waals surface area contributed by atoms with Crippen molar-refractivity contribution in [1.82, 2.24) is 15.5 Å². The summed E-state index contributed by atoms with van der Waals surface area (Å²) in [5, 5.41) is 9.72. The molecule has 15 heavy (non-hydrogen) atoms. The molecule has 0 radical (unpaired) electrons. The molecule has 0 saturated carbocycles.